The molecule has 0 aliphatic heterocycles. The average molecular weight is 300 g/mol. The zero-order chi connectivity index (χ0) is 15.0. The summed E-state index contributed by atoms with van der Waals surface area (Å²) in [5, 5.41) is 9.90. The molecular weight excluding hydrogens is 284 g/mol. The van der Waals surface area contributed by atoms with E-state index in [2.05, 4.69) is 4.98 Å². The minimum Gasteiger partial charge on any atom is -0.385 e. The summed E-state index contributed by atoms with van der Waals surface area (Å²) in [6.45, 7) is 3.84. The van der Waals surface area contributed by atoms with Crippen LogP contribution in [-0.2, 0) is 6.54 Å². The number of aryl methyl sites for hydroxylation is 1. The maximum absolute atomic E-state index is 12.4. The highest BCUT2D eigenvalue weighted by molar-refractivity contribution is 7.14. The Kier molecular flexibility index (Phi) is 3.61. The third-order valence-corrected chi connectivity index (χ3v) is 4.42. The number of aliphatic hydroxyl groups excluding tert-OH is 1. The number of Topliss-reactive ketones (excluding diaryl/α,β-unsaturated/α-hetero) is 1. The number of thiophene rings is 1. The third-order valence-electron chi connectivity index (χ3n) is 3.37. The second kappa shape index (κ2) is 5.42. The highest BCUT2D eigenvalue weighted by Gasteiger charge is 2.18. The summed E-state index contributed by atoms with van der Waals surface area (Å²) >= 11 is 1.49. The fraction of sp³-hybridized carbons (Fsp3) is 0.250. The molecule has 0 saturated heterocycles. The van der Waals surface area contributed by atoms with E-state index in [1.54, 1.807) is 11.5 Å². The molecule has 0 aliphatic rings. The number of ketones is 1. The van der Waals surface area contributed by atoms with Gasteiger partial charge in [0.05, 0.1) is 22.5 Å². The first kappa shape index (κ1) is 14.0. The molecule has 0 amide bonds. The van der Waals surface area contributed by atoms with Gasteiger partial charge in [-0.15, -0.1) is 11.3 Å². The molecule has 1 aromatic carbocycles. The summed E-state index contributed by atoms with van der Waals surface area (Å²) in [6.07, 6.45) is -0.713. The summed E-state index contributed by atoms with van der Waals surface area (Å²) in [6, 6.07) is 11.4. The van der Waals surface area contributed by atoms with Crippen LogP contribution in [0.3, 0.4) is 0 Å². The van der Waals surface area contributed by atoms with Gasteiger partial charge in [-0.2, -0.15) is 0 Å². The van der Waals surface area contributed by atoms with Gasteiger partial charge in [-0.05, 0) is 38.1 Å². The van der Waals surface area contributed by atoms with Crippen molar-refractivity contribution < 1.29 is 9.90 Å². The Morgan fingerprint density at radius 1 is 1.33 bits per heavy atom. The molecular formula is C16H16N2O2S. The molecule has 0 aliphatic carbocycles. The van der Waals surface area contributed by atoms with E-state index < -0.39 is 6.10 Å². The quantitative estimate of drug-likeness (QED) is 0.752. The summed E-state index contributed by atoms with van der Waals surface area (Å²) in [7, 11) is 0. The topological polar surface area (TPSA) is 55.1 Å². The number of aromatic nitrogens is 2. The van der Waals surface area contributed by atoms with Crippen LogP contribution in [0.15, 0.2) is 36.4 Å². The number of imidazole rings is 1. The van der Waals surface area contributed by atoms with E-state index in [0.717, 1.165) is 20.8 Å². The molecule has 2 aromatic heterocycles. The van der Waals surface area contributed by atoms with Crippen molar-refractivity contribution in [1.29, 1.82) is 0 Å². The van der Waals surface area contributed by atoms with Crippen molar-refractivity contribution in [2.24, 2.45) is 0 Å². The second-order valence-electron chi connectivity index (χ2n) is 5.05. The summed E-state index contributed by atoms with van der Waals surface area (Å²) in [5.41, 5.74) is 1.67. The van der Waals surface area contributed by atoms with Crippen LogP contribution in [0, 0.1) is 6.92 Å². The Labute approximate surface area is 126 Å². The van der Waals surface area contributed by atoms with Crippen molar-refractivity contribution in [3.05, 3.63) is 52.0 Å². The summed E-state index contributed by atoms with van der Waals surface area (Å²) in [4.78, 5) is 18.7. The molecule has 0 saturated carbocycles. The number of rotatable bonds is 4. The van der Waals surface area contributed by atoms with Crippen molar-refractivity contribution in [3.8, 4) is 0 Å². The van der Waals surface area contributed by atoms with Crippen LogP contribution in [0.5, 0.6) is 0 Å². The standard InChI is InChI=1S/C16H16N2O2S/c1-10-7-8-15(21-10)14(20)9-18-13-6-4-3-5-12(13)17-16(18)11(2)19/h3-8,11,19H,9H2,1-2H3. The van der Waals surface area contributed by atoms with Gasteiger partial charge >= 0.3 is 0 Å². The van der Waals surface area contributed by atoms with Gasteiger partial charge in [0.25, 0.3) is 0 Å². The monoisotopic (exact) mass is 300 g/mol. The number of carbonyl (C=O) groups excluding carboxylic acids is 1. The lowest BCUT2D eigenvalue weighted by atomic mass is 10.2. The fourth-order valence-electron chi connectivity index (χ4n) is 2.39. The first-order valence-corrected chi connectivity index (χ1v) is 7.61. The van der Waals surface area contributed by atoms with E-state index in [-0.39, 0.29) is 12.3 Å². The molecule has 2 heterocycles. The Morgan fingerprint density at radius 2 is 2.10 bits per heavy atom. The van der Waals surface area contributed by atoms with Gasteiger partial charge in [-0.25, -0.2) is 4.98 Å². The molecule has 3 aromatic rings. The molecule has 0 fully saturated rings. The smallest absolute Gasteiger partial charge is 0.192 e. The molecule has 3 rings (SSSR count). The zero-order valence-electron chi connectivity index (χ0n) is 11.9. The highest BCUT2D eigenvalue weighted by atomic mass is 32.1. The largest absolute Gasteiger partial charge is 0.385 e. The molecule has 5 heteroatoms. The molecule has 0 bridgehead atoms. The Hall–Kier alpha value is -1.98. The number of hydrogen-bond donors (Lipinski definition) is 1. The maximum Gasteiger partial charge on any atom is 0.192 e. The normalized spacial score (nSPS) is 12.7. The number of nitrogens with zero attached hydrogens (tertiary/aromatic N) is 2. The molecule has 0 spiro atoms. The van der Waals surface area contributed by atoms with Gasteiger partial charge in [0.2, 0.25) is 0 Å². The van der Waals surface area contributed by atoms with Crippen molar-refractivity contribution in [1.82, 2.24) is 9.55 Å². The lowest BCUT2D eigenvalue weighted by molar-refractivity contribution is 0.0972. The van der Waals surface area contributed by atoms with Crippen LogP contribution < -0.4 is 0 Å². The van der Waals surface area contributed by atoms with E-state index in [1.807, 2.05) is 43.3 Å². The van der Waals surface area contributed by atoms with Gasteiger partial charge in [-0.1, -0.05) is 12.1 Å². The van der Waals surface area contributed by atoms with Crippen LogP contribution in [0.2, 0.25) is 0 Å². The molecule has 1 unspecified atom stereocenters. The number of para-hydroxylation sites is 2. The molecule has 108 valence electrons. The van der Waals surface area contributed by atoms with Gasteiger partial charge < -0.3 is 9.67 Å². The predicted molar refractivity (Wildman–Crippen MR) is 83.8 cm³/mol. The van der Waals surface area contributed by atoms with E-state index in [0.29, 0.717) is 5.82 Å². The van der Waals surface area contributed by atoms with E-state index in [1.165, 1.54) is 11.3 Å². The molecule has 21 heavy (non-hydrogen) atoms. The van der Waals surface area contributed by atoms with Crippen molar-refractivity contribution in [3.63, 3.8) is 0 Å². The zero-order valence-corrected chi connectivity index (χ0v) is 12.7. The minimum absolute atomic E-state index is 0.0400. The van der Waals surface area contributed by atoms with Crippen LogP contribution in [0.1, 0.15) is 33.4 Å². The van der Waals surface area contributed by atoms with Gasteiger partial charge in [0.15, 0.2) is 5.78 Å². The van der Waals surface area contributed by atoms with Crippen molar-refractivity contribution >= 4 is 28.2 Å². The number of aliphatic hydroxyl groups is 1. The molecule has 4 nitrogen and oxygen atoms in total. The average Bonchev–Trinajstić information content (AvgIpc) is 3.03. The Bertz CT molecular complexity index is 802. The van der Waals surface area contributed by atoms with Crippen LogP contribution in [-0.4, -0.2) is 20.4 Å². The Morgan fingerprint density at radius 3 is 2.76 bits per heavy atom. The molecule has 1 atom stereocenters. The number of hydrogen-bond acceptors (Lipinski definition) is 4. The maximum atomic E-state index is 12.4. The van der Waals surface area contributed by atoms with E-state index >= 15 is 0 Å². The van der Waals surface area contributed by atoms with E-state index in [4.69, 9.17) is 0 Å². The van der Waals surface area contributed by atoms with Gasteiger partial charge in [0, 0.05) is 4.88 Å². The second-order valence-corrected chi connectivity index (χ2v) is 6.34. The SMILES string of the molecule is Cc1ccc(C(=O)Cn2c(C(C)O)nc3ccccc32)s1. The molecule has 1 N–H and O–H groups in total. The predicted octanol–water partition coefficient (Wildman–Crippen LogP) is 3.34. The van der Waals surface area contributed by atoms with Crippen LogP contribution in [0.4, 0.5) is 0 Å². The number of fused-ring (bicyclic) bond motifs is 1. The molecule has 0 radical (unpaired) electrons. The third kappa shape index (κ3) is 2.62. The van der Waals surface area contributed by atoms with Gasteiger partial charge in [-0.3, -0.25) is 4.79 Å². The number of benzene rings is 1. The van der Waals surface area contributed by atoms with Crippen LogP contribution >= 0.6 is 11.3 Å². The lowest BCUT2D eigenvalue weighted by Crippen LogP contribution is -2.13. The summed E-state index contributed by atoms with van der Waals surface area (Å²) < 4.78 is 1.80. The van der Waals surface area contributed by atoms with Crippen molar-refractivity contribution in [2.75, 3.05) is 0 Å². The minimum atomic E-state index is -0.713. The van der Waals surface area contributed by atoms with Gasteiger partial charge in [0.1, 0.15) is 11.9 Å². The number of carbonyl (C=O) groups is 1. The highest BCUT2D eigenvalue weighted by Crippen LogP contribution is 2.22. The first-order valence-electron chi connectivity index (χ1n) is 6.79. The van der Waals surface area contributed by atoms with E-state index in [9.17, 15) is 9.90 Å². The lowest BCUT2D eigenvalue weighted by Gasteiger charge is -2.09. The van der Waals surface area contributed by atoms with Crippen LogP contribution in [0.25, 0.3) is 11.0 Å². The summed E-state index contributed by atoms with van der Waals surface area (Å²) in [5.74, 6) is 0.566. The van der Waals surface area contributed by atoms with Crippen molar-refractivity contribution in [2.45, 2.75) is 26.5 Å². The fourth-order valence-corrected chi connectivity index (χ4v) is 3.18. The Balaban J connectivity index is 2.03. The first-order chi connectivity index (χ1) is 10.1.